The zero-order chi connectivity index (χ0) is 21.7. The monoisotopic (exact) mass is 446 g/mol. The van der Waals surface area contributed by atoms with E-state index in [1.807, 2.05) is 0 Å². The van der Waals surface area contributed by atoms with Crippen LogP contribution in [0, 0.1) is 0 Å². The van der Waals surface area contributed by atoms with E-state index in [0.717, 1.165) is 38.1 Å². The summed E-state index contributed by atoms with van der Waals surface area (Å²) < 4.78 is 24.8. The first kappa shape index (κ1) is 26.2. The van der Waals surface area contributed by atoms with Crippen LogP contribution in [-0.2, 0) is 18.0 Å². The molecule has 2 bridgehead atoms. The largest absolute Gasteiger partial charge is 0.501 e. The zero-order valence-corrected chi connectivity index (χ0v) is 20.4. The summed E-state index contributed by atoms with van der Waals surface area (Å²) in [6.45, 7) is 4.88. The maximum Gasteiger partial charge on any atom is 0.501 e. The molecule has 30 heavy (non-hydrogen) atoms. The first-order valence-corrected chi connectivity index (χ1v) is 14.5. The molecule has 7 heteroatoms. The highest BCUT2D eigenvalue weighted by Gasteiger charge is 2.57. The van der Waals surface area contributed by atoms with Crippen LogP contribution < -0.4 is 0 Å². The molecule has 0 aromatic heterocycles. The van der Waals surface area contributed by atoms with Gasteiger partial charge >= 0.3 is 8.80 Å². The van der Waals surface area contributed by atoms with Gasteiger partial charge in [0, 0.05) is 19.1 Å². The number of rotatable bonds is 18. The van der Waals surface area contributed by atoms with Gasteiger partial charge in [0.15, 0.2) is 0 Å². The van der Waals surface area contributed by atoms with Gasteiger partial charge in [-0.1, -0.05) is 71.6 Å². The van der Waals surface area contributed by atoms with Crippen LogP contribution in [0.15, 0.2) is 0 Å². The Labute approximate surface area is 185 Å². The SMILES string of the molecule is CCCCCCCCCCC1O[Si]2(CCCOCC(O)CO)OC(CCC)CC1O2. The number of ether oxygens (including phenoxy) is 1. The molecule has 2 fully saturated rings. The lowest BCUT2D eigenvalue weighted by molar-refractivity contribution is -0.00122. The molecule has 0 amide bonds. The summed E-state index contributed by atoms with van der Waals surface area (Å²) >= 11 is 0. The van der Waals surface area contributed by atoms with Crippen molar-refractivity contribution in [2.75, 3.05) is 19.8 Å². The van der Waals surface area contributed by atoms with Gasteiger partial charge in [-0.25, -0.2) is 0 Å². The Bertz CT molecular complexity index is 440. The van der Waals surface area contributed by atoms with Crippen LogP contribution in [0.3, 0.4) is 0 Å². The van der Waals surface area contributed by atoms with Gasteiger partial charge in [-0.15, -0.1) is 0 Å². The minimum atomic E-state index is -2.61. The molecule has 0 aromatic carbocycles. The van der Waals surface area contributed by atoms with Crippen molar-refractivity contribution in [3.8, 4) is 0 Å². The lowest BCUT2D eigenvalue weighted by Crippen LogP contribution is -2.48. The maximum absolute atomic E-state index is 9.37. The van der Waals surface area contributed by atoms with Crippen LogP contribution in [-0.4, -0.2) is 63.3 Å². The van der Waals surface area contributed by atoms with Gasteiger partial charge in [0.25, 0.3) is 0 Å². The van der Waals surface area contributed by atoms with Crippen LogP contribution in [0.5, 0.6) is 0 Å². The third-order valence-corrected chi connectivity index (χ3v) is 9.15. The summed E-state index contributed by atoms with van der Waals surface area (Å²) in [5.41, 5.74) is 0. The molecule has 0 saturated carbocycles. The van der Waals surface area contributed by atoms with E-state index < -0.39 is 14.9 Å². The van der Waals surface area contributed by atoms with Gasteiger partial charge in [-0.05, 0) is 19.3 Å². The molecule has 2 N–H and O–H groups in total. The third-order valence-electron chi connectivity index (χ3n) is 6.16. The Balaban J connectivity index is 1.71. The van der Waals surface area contributed by atoms with Gasteiger partial charge in [-0.3, -0.25) is 0 Å². The van der Waals surface area contributed by atoms with Crippen molar-refractivity contribution in [3.63, 3.8) is 0 Å². The molecule has 5 unspecified atom stereocenters. The Hall–Kier alpha value is -0.0231. The maximum atomic E-state index is 9.37. The minimum Gasteiger partial charge on any atom is -0.394 e. The van der Waals surface area contributed by atoms with E-state index in [9.17, 15) is 5.11 Å². The first-order valence-electron chi connectivity index (χ1n) is 12.5. The first-order chi connectivity index (χ1) is 14.6. The van der Waals surface area contributed by atoms with Crippen LogP contribution in [0.1, 0.15) is 97.3 Å². The second-order valence-corrected chi connectivity index (χ2v) is 11.6. The summed E-state index contributed by atoms with van der Waals surface area (Å²) in [7, 11) is -2.61. The Morgan fingerprint density at radius 1 is 0.900 bits per heavy atom. The molecule has 2 rings (SSSR count). The van der Waals surface area contributed by atoms with E-state index in [1.165, 1.54) is 51.4 Å². The molecule has 6 nitrogen and oxygen atoms in total. The van der Waals surface area contributed by atoms with Crippen molar-refractivity contribution in [3.05, 3.63) is 0 Å². The second-order valence-electron chi connectivity index (χ2n) is 9.04. The molecule has 2 aliphatic rings. The van der Waals surface area contributed by atoms with E-state index in [0.29, 0.717) is 6.61 Å². The molecule has 5 atom stereocenters. The highest BCUT2D eigenvalue weighted by Crippen LogP contribution is 2.41. The van der Waals surface area contributed by atoms with Gasteiger partial charge in [0.05, 0.1) is 31.5 Å². The van der Waals surface area contributed by atoms with Crippen LogP contribution in [0.25, 0.3) is 0 Å². The summed E-state index contributed by atoms with van der Waals surface area (Å²) in [6, 6.07) is 0.771. The van der Waals surface area contributed by atoms with Crippen molar-refractivity contribution >= 4 is 8.80 Å². The Kier molecular flexibility index (Phi) is 13.1. The number of aliphatic hydroxyl groups excluding tert-OH is 2. The lowest BCUT2D eigenvalue weighted by atomic mass is 9.99. The minimum absolute atomic E-state index is 0.162. The van der Waals surface area contributed by atoms with E-state index in [4.69, 9.17) is 23.1 Å². The number of aliphatic hydroxyl groups is 2. The van der Waals surface area contributed by atoms with Crippen molar-refractivity contribution in [2.24, 2.45) is 0 Å². The van der Waals surface area contributed by atoms with Crippen LogP contribution in [0.2, 0.25) is 6.04 Å². The average molecular weight is 447 g/mol. The smallest absolute Gasteiger partial charge is 0.394 e. The van der Waals surface area contributed by atoms with Crippen molar-refractivity contribution in [2.45, 2.75) is 128 Å². The fourth-order valence-electron chi connectivity index (χ4n) is 4.52. The Morgan fingerprint density at radius 2 is 1.63 bits per heavy atom. The quantitative estimate of drug-likeness (QED) is 0.237. The third kappa shape index (κ3) is 9.23. The molecule has 0 aliphatic carbocycles. The zero-order valence-electron chi connectivity index (χ0n) is 19.4. The molecule has 0 radical (unpaired) electrons. The molecule has 2 saturated heterocycles. The number of fused-ring (bicyclic) bond motifs is 2. The molecule has 0 spiro atoms. The van der Waals surface area contributed by atoms with Crippen molar-refractivity contribution < 1.29 is 28.2 Å². The van der Waals surface area contributed by atoms with E-state index in [-0.39, 0.29) is 31.5 Å². The standard InChI is InChI=1S/C23H46O6Si/c1-3-5-6-7-8-9-10-11-14-22-23-17-21(13-4-2)27-30(28-22,29-23)16-12-15-26-19-20(25)18-24/h20-25H,3-19H2,1-2H3. The molecule has 2 aliphatic heterocycles. The molecular weight excluding hydrogens is 400 g/mol. The summed E-state index contributed by atoms with van der Waals surface area (Å²) in [4.78, 5) is 0. The van der Waals surface area contributed by atoms with Gasteiger partial charge in [0.2, 0.25) is 0 Å². The van der Waals surface area contributed by atoms with Gasteiger partial charge in [0.1, 0.15) is 6.10 Å². The van der Waals surface area contributed by atoms with Crippen LogP contribution in [0.4, 0.5) is 0 Å². The predicted molar refractivity (Wildman–Crippen MR) is 120 cm³/mol. The second kappa shape index (κ2) is 14.9. The highest BCUT2D eigenvalue weighted by atomic mass is 28.4. The van der Waals surface area contributed by atoms with E-state index in [2.05, 4.69) is 13.8 Å². The van der Waals surface area contributed by atoms with Crippen molar-refractivity contribution in [1.82, 2.24) is 0 Å². The van der Waals surface area contributed by atoms with E-state index in [1.54, 1.807) is 0 Å². The fraction of sp³-hybridized carbons (Fsp3) is 1.00. The van der Waals surface area contributed by atoms with Crippen molar-refractivity contribution in [1.29, 1.82) is 0 Å². The highest BCUT2D eigenvalue weighted by molar-refractivity contribution is 6.61. The van der Waals surface area contributed by atoms with Gasteiger partial charge < -0.3 is 28.2 Å². The summed E-state index contributed by atoms with van der Waals surface area (Å²) in [6.07, 6.45) is 15.5. The predicted octanol–water partition coefficient (Wildman–Crippen LogP) is 4.59. The average Bonchev–Trinajstić information content (AvgIpc) is 2.99. The summed E-state index contributed by atoms with van der Waals surface area (Å²) in [5.74, 6) is 0. The van der Waals surface area contributed by atoms with Crippen LogP contribution >= 0.6 is 0 Å². The summed E-state index contributed by atoms with van der Waals surface area (Å²) in [5, 5.41) is 18.2. The molecular formula is C23H46O6Si. The molecule has 178 valence electrons. The topological polar surface area (TPSA) is 77.4 Å². The lowest BCUT2D eigenvalue weighted by Gasteiger charge is -2.34. The number of unbranched alkanes of at least 4 members (excludes halogenated alkanes) is 7. The van der Waals surface area contributed by atoms with Gasteiger partial charge in [-0.2, -0.15) is 0 Å². The Morgan fingerprint density at radius 3 is 2.33 bits per heavy atom. The normalized spacial score (nSPS) is 29.4. The number of hydrogen-bond acceptors (Lipinski definition) is 6. The number of hydrogen-bond donors (Lipinski definition) is 2. The van der Waals surface area contributed by atoms with E-state index >= 15 is 0 Å². The molecule has 2 heterocycles. The fourth-order valence-corrected chi connectivity index (χ4v) is 7.78. The molecule has 0 aromatic rings.